The van der Waals surface area contributed by atoms with E-state index in [1.165, 1.54) is 22.7 Å². The van der Waals surface area contributed by atoms with Crippen LogP contribution in [0.2, 0.25) is 0 Å². The molecule has 0 aromatic carbocycles. The minimum atomic E-state index is 0.800. The Bertz CT molecular complexity index is 306. The fraction of sp³-hybridized carbons (Fsp3) is 0.556. The molecular formula is C18H32S. The summed E-state index contributed by atoms with van der Waals surface area (Å²) in [6.45, 7) is 14.4. The molecular weight excluding hydrogens is 248 g/mol. The van der Waals surface area contributed by atoms with E-state index < -0.39 is 0 Å². The highest BCUT2D eigenvalue weighted by Gasteiger charge is 2.16. The first-order valence-electron chi connectivity index (χ1n) is 7.56. The van der Waals surface area contributed by atoms with Crippen LogP contribution in [-0.4, -0.2) is 5.75 Å². The Morgan fingerprint density at radius 2 is 1.47 bits per heavy atom. The molecule has 1 heterocycles. The Labute approximate surface area is 125 Å². The normalized spacial score (nSPS) is 23.2. The summed E-state index contributed by atoms with van der Waals surface area (Å²) in [5, 5.41) is 0. The van der Waals surface area contributed by atoms with E-state index >= 15 is 0 Å². The molecule has 0 aliphatic carbocycles. The Kier molecular flexibility index (Phi) is 16.7. The second kappa shape index (κ2) is 15.4. The molecule has 0 N–H and O–H groups in total. The Balaban J connectivity index is 0. The summed E-state index contributed by atoms with van der Waals surface area (Å²) in [5.74, 6) is 2.05. The fourth-order valence-electron chi connectivity index (χ4n) is 1.56. The minimum absolute atomic E-state index is 0.800. The van der Waals surface area contributed by atoms with E-state index in [1.54, 1.807) is 0 Å². The first-order valence-corrected chi connectivity index (χ1v) is 8.54. The van der Waals surface area contributed by atoms with Crippen molar-refractivity contribution in [1.82, 2.24) is 0 Å². The summed E-state index contributed by atoms with van der Waals surface area (Å²) in [7, 11) is 0. The third-order valence-electron chi connectivity index (χ3n) is 2.34. The zero-order valence-corrected chi connectivity index (χ0v) is 14.7. The molecule has 19 heavy (non-hydrogen) atoms. The van der Waals surface area contributed by atoms with Crippen LogP contribution in [0.5, 0.6) is 0 Å². The summed E-state index contributed by atoms with van der Waals surface area (Å²) in [6, 6.07) is 0. The van der Waals surface area contributed by atoms with Crippen molar-refractivity contribution in [3.05, 3.63) is 46.9 Å². The zero-order chi connectivity index (χ0) is 15.1. The Morgan fingerprint density at radius 1 is 0.947 bits per heavy atom. The van der Waals surface area contributed by atoms with Gasteiger partial charge in [-0.25, -0.2) is 0 Å². The topological polar surface area (TPSA) is 0 Å². The van der Waals surface area contributed by atoms with E-state index in [9.17, 15) is 0 Å². The van der Waals surface area contributed by atoms with Crippen molar-refractivity contribution in [3.63, 3.8) is 0 Å². The molecule has 0 spiro atoms. The van der Waals surface area contributed by atoms with E-state index in [4.69, 9.17) is 0 Å². The number of rotatable bonds is 2. The second-order valence-corrected chi connectivity index (χ2v) is 4.96. The van der Waals surface area contributed by atoms with Crippen LogP contribution in [-0.2, 0) is 0 Å². The smallest absolute Gasteiger partial charge is 0.0104 e. The molecule has 0 aromatic rings. The SMILES string of the molecule is CC.CC.C\C=C/C=C1/SCC(C)C/C1=C/C=C/C. The molecule has 1 fully saturated rings. The zero-order valence-electron chi connectivity index (χ0n) is 13.9. The molecule has 0 aromatic heterocycles. The fourth-order valence-corrected chi connectivity index (χ4v) is 2.65. The average molecular weight is 281 g/mol. The van der Waals surface area contributed by atoms with Gasteiger partial charge in [0.2, 0.25) is 0 Å². The van der Waals surface area contributed by atoms with Crippen molar-refractivity contribution >= 4 is 11.8 Å². The summed E-state index contributed by atoms with van der Waals surface area (Å²) < 4.78 is 0. The van der Waals surface area contributed by atoms with Crippen molar-refractivity contribution in [2.24, 2.45) is 5.92 Å². The lowest BCUT2D eigenvalue weighted by Crippen LogP contribution is -2.07. The molecule has 1 saturated heterocycles. The van der Waals surface area contributed by atoms with E-state index in [2.05, 4.69) is 57.2 Å². The predicted molar refractivity (Wildman–Crippen MR) is 94.7 cm³/mol. The Hall–Kier alpha value is -0.690. The maximum absolute atomic E-state index is 2.32. The molecule has 1 aliphatic rings. The van der Waals surface area contributed by atoms with Gasteiger partial charge in [0.15, 0.2) is 0 Å². The minimum Gasteiger partial charge on any atom is -0.126 e. The van der Waals surface area contributed by atoms with Crippen molar-refractivity contribution in [3.8, 4) is 0 Å². The molecule has 0 saturated carbocycles. The van der Waals surface area contributed by atoms with Gasteiger partial charge in [0.1, 0.15) is 0 Å². The van der Waals surface area contributed by atoms with E-state index in [0.29, 0.717) is 0 Å². The predicted octanol–water partition coefficient (Wildman–Crippen LogP) is 6.77. The van der Waals surface area contributed by atoms with Gasteiger partial charge in [-0.2, -0.15) is 0 Å². The van der Waals surface area contributed by atoms with Crippen LogP contribution >= 0.6 is 11.8 Å². The molecule has 0 radical (unpaired) electrons. The van der Waals surface area contributed by atoms with Crippen LogP contribution in [0.25, 0.3) is 0 Å². The highest BCUT2D eigenvalue weighted by Crippen LogP contribution is 2.36. The van der Waals surface area contributed by atoms with Crippen LogP contribution in [0, 0.1) is 5.92 Å². The molecule has 1 heteroatoms. The van der Waals surface area contributed by atoms with Crippen LogP contribution in [0.3, 0.4) is 0 Å². The first kappa shape index (κ1) is 20.6. The van der Waals surface area contributed by atoms with E-state index in [-0.39, 0.29) is 0 Å². The van der Waals surface area contributed by atoms with Crippen molar-refractivity contribution < 1.29 is 0 Å². The highest BCUT2D eigenvalue weighted by molar-refractivity contribution is 8.03. The van der Waals surface area contributed by atoms with E-state index in [0.717, 1.165) is 5.92 Å². The number of hydrogen-bond acceptors (Lipinski definition) is 1. The lowest BCUT2D eigenvalue weighted by Gasteiger charge is -2.22. The quantitative estimate of drug-likeness (QED) is 0.537. The van der Waals surface area contributed by atoms with Gasteiger partial charge >= 0.3 is 0 Å². The summed E-state index contributed by atoms with van der Waals surface area (Å²) in [5.41, 5.74) is 1.48. The summed E-state index contributed by atoms with van der Waals surface area (Å²) in [6.07, 6.45) is 14.1. The van der Waals surface area contributed by atoms with Crippen molar-refractivity contribution in [2.45, 2.75) is 54.9 Å². The monoisotopic (exact) mass is 280 g/mol. The lowest BCUT2D eigenvalue weighted by molar-refractivity contribution is 0.652. The van der Waals surface area contributed by atoms with Gasteiger partial charge in [-0.3, -0.25) is 0 Å². The molecule has 1 rings (SSSR count). The molecule has 1 unspecified atom stereocenters. The molecule has 1 aliphatic heterocycles. The third-order valence-corrected chi connectivity index (χ3v) is 3.78. The van der Waals surface area contributed by atoms with Gasteiger partial charge in [0.05, 0.1) is 0 Å². The van der Waals surface area contributed by atoms with Crippen LogP contribution in [0.4, 0.5) is 0 Å². The number of hydrogen-bond donors (Lipinski definition) is 0. The van der Waals surface area contributed by atoms with Crippen LogP contribution < -0.4 is 0 Å². The third kappa shape index (κ3) is 9.84. The van der Waals surface area contributed by atoms with Gasteiger partial charge in [0, 0.05) is 10.7 Å². The number of allylic oxidation sites excluding steroid dienone is 7. The van der Waals surface area contributed by atoms with Crippen LogP contribution in [0.15, 0.2) is 46.9 Å². The largest absolute Gasteiger partial charge is 0.126 e. The van der Waals surface area contributed by atoms with Gasteiger partial charge in [-0.05, 0) is 37.8 Å². The van der Waals surface area contributed by atoms with Gasteiger partial charge < -0.3 is 0 Å². The molecule has 1 atom stereocenters. The van der Waals surface area contributed by atoms with E-state index in [1.807, 2.05) is 39.5 Å². The first-order chi connectivity index (χ1) is 9.27. The van der Waals surface area contributed by atoms with Gasteiger partial charge in [0.25, 0.3) is 0 Å². The maximum atomic E-state index is 2.32. The Morgan fingerprint density at radius 3 is 2.00 bits per heavy atom. The van der Waals surface area contributed by atoms with Gasteiger partial charge in [-0.1, -0.05) is 65.0 Å². The number of thioether (sulfide) groups is 1. The summed E-state index contributed by atoms with van der Waals surface area (Å²) >= 11 is 1.98. The highest BCUT2D eigenvalue weighted by atomic mass is 32.2. The maximum Gasteiger partial charge on any atom is 0.0104 e. The molecule has 0 bridgehead atoms. The molecule has 0 nitrogen and oxygen atoms in total. The average Bonchev–Trinajstić information content (AvgIpc) is 2.48. The second-order valence-electron chi connectivity index (χ2n) is 3.89. The summed E-state index contributed by atoms with van der Waals surface area (Å²) in [4.78, 5) is 1.43. The van der Waals surface area contributed by atoms with Gasteiger partial charge in [-0.15, -0.1) is 11.8 Å². The van der Waals surface area contributed by atoms with Crippen molar-refractivity contribution in [1.29, 1.82) is 0 Å². The molecule has 0 amide bonds. The lowest BCUT2D eigenvalue weighted by atomic mass is 10.0. The van der Waals surface area contributed by atoms with Crippen molar-refractivity contribution in [2.75, 3.05) is 5.75 Å². The standard InChI is InChI=1S/C14H20S.2C2H6/c1-4-6-8-13-10-12(3)11-15-14(13)9-7-5-2;2*1-2/h4-9,12H,10-11H2,1-3H3;2*1-2H3/b6-4+,7-5-,13-8-,14-9+;;. The van der Waals surface area contributed by atoms with Crippen LogP contribution in [0.1, 0.15) is 54.9 Å². The molecule has 110 valence electrons.